The van der Waals surface area contributed by atoms with Gasteiger partial charge in [0.2, 0.25) is 5.91 Å². The lowest BCUT2D eigenvalue weighted by molar-refractivity contribution is -0.117. The number of thiophene rings is 1. The lowest BCUT2D eigenvalue weighted by Gasteiger charge is -2.11. The summed E-state index contributed by atoms with van der Waals surface area (Å²) in [4.78, 5) is 13.9. The molecule has 1 aromatic heterocycles. The smallest absolute Gasteiger partial charge is 0.228 e. The van der Waals surface area contributed by atoms with Crippen LogP contribution in [0.3, 0.4) is 0 Å². The average molecular weight is 367 g/mol. The van der Waals surface area contributed by atoms with E-state index in [-0.39, 0.29) is 17.7 Å². The normalized spacial score (nSPS) is 20.8. The largest absolute Gasteiger partial charge is 0.494 e. The zero-order chi connectivity index (χ0) is 18.1. The van der Waals surface area contributed by atoms with Gasteiger partial charge in [0.25, 0.3) is 0 Å². The van der Waals surface area contributed by atoms with Gasteiger partial charge in [-0.1, -0.05) is 12.1 Å². The number of carbonyl (C=O) groups is 1. The fourth-order valence-electron chi connectivity index (χ4n) is 3.60. The fraction of sp³-hybridized carbons (Fsp3) is 0.400. The molecule has 0 spiro atoms. The molecule has 0 saturated heterocycles. The number of carbonyl (C=O) groups excluding carboxylic acids is 1. The predicted octanol–water partition coefficient (Wildman–Crippen LogP) is 3.41. The highest BCUT2D eigenvalue weighted by Gasteiger charge is 2.44. The summed E-state index contributed by atoms with van der Waals surface area (Å²) in [6, 6.07) is 10.3. The molecule has 1 aliphatic heterocycles. The summed E-state index contributed by atoms with van der Waals surface area (Å²) in [5.41, 5.74) is 2.89. The van der Waals surface area contributed by atoms with Gasteiger partial charge in [-0.2, -0.15) is 5.26 Å². The molecule has 2 N–H and O–H groups in total. The summed E-state index contributed by atoms with van der Waals surface area (Å²) < 4.78 is 5.55. The highest BCUT2D eigenvalue weighted by molar-refractivity contribution is 7.16. The van der Waals surface area contributed by atoms with E-state index < -0.39 is 0 Å². The molecular weight excluding hydrogens is 346 g/mol. The van der Waals surface area contributed by atoms with Gasteiger partial charge in [0, 0.05) is 17.3 Å². The van der Waals surface area contributed by atoms with Gasteiger partial charge in [-0.25, -0.2) is 0 Å². The maximum absolute atomic E-state index is 12.7. The van der Waals surface area contributed by atoms with Crippen molar-refractivity contribution in [1.82, 2.24) is 5.32 Å². The molecule has 5 nitrogen and oxygen atoms in total. The average Bonchev–Trinajstić information content (AvgIpc) is 3.38. The summed E-state index contributed by atoms with van der Waals surface area (Å²) in [5.74, 6) is 1.06. The van der Waals surface area contributed by atoms with Gasteiger partial charge in [-0.15, -0.1) is 11.3 Å². The third-order valence-corrected chi connectivity index (χ3v) is 6.15. The van der Waals surface area contributed by atoms with Crippen molar-refractivity contribution in [3.8, 4) is 11.8 Å². The summed E-state index contributed by atoms with van der Waals surface area (Å²) >= 11 is 1.53. The van der Waals surface area contributed by atoms with E-state index in [9.17, 15) is 10.1 Å². The van der Waals surface area contributed by atoms with Crippen molar-refractivity contribution >= 4 is 22.2 Å². The van der Waals surface area contributed by atoms with Crippen molar-refractivity contribution in [2.75, 3.05) is 18.5 Å². The van der Waals surface area contributed by atoms with Crippen LogP contribution in [0.4, 0.5) is 5.00 Å². The second-order valence-corrected chi connectivity index (χ2v) is 7.80. The number of hydrogen-bond donors (Lipinski definition) is 2. The molecule has 1 saturated carbocycles. The van der Waals surface area contributed by atoms with Gasteiger partial charge in [-0.05, 0) is 55.5 Å². The van der Waals surface area contributed by atoms with Crippen molar-refractivity contribution in [2.45, 2.75) is 32.2 Å². The number of nitriles is 1. The van der Waals surface area contributed by atoms with Crippen molar-refractivity contribution < 1.29 is 9.53 Å². The SMILES string of the molecule is CCOc1cccc(C2CC2C(=O)Nc2sc3c(c2C#N)CCNC3)c1. The monoisotopic (exact) mass is 367 g/mol. The maximum Gasteiger partial charge on any atom is 0.228 e. The third-order valence-electron chi connectivity index (χ3n) is 5.00. The molecule has 0 radical (unpaired) electrons. The minimum absolute atomic E-state index is 0.0138. The molecule has 2 atom stereocenters. The maximum atomic E-state index is 12.7. The van der Waals surface area contributed by atoms with E-state index in [4.69, 9.17) is 4.74 Å². The first-order valence-electron chi connectivity index (χ1n) is 9.00. The number of anilines is 1. The van der Waals surface area contributed by atoms with Crippen LogP contribution in [0.2, 0.25) is 0 Å². The van der Waals surface area contributed by atoms with Crippen LogP contribution >= 0.6 is 11.3 Å². The van der Waals surface area contributed by atoms with Crippen molar-refractivity contribution in [1.29, 1.82) is 5.26 Å². The minimum atomic E-state index is -0.0318. The quantitative estimate of drug-likeness (QED) is 0.849. The number of nitrogens with one attached hydrogen (secondary N) is 2. The lowest BCUT2D eigenvalue weighted by Crippen LogP contribution is -2.22. The standard InChI is InChI=1S/C20H21N3O2S/c1-2-25-13-5-3-4-12(8-13)15-9-16(15)19(24)23-20-17(10-21)14-6-7-22-11-18(14)26-20/h3-5,8,15-16,22H,2,6-7,9,11H2,1H3,(H,23,24). The van der Waals surface area contributed by atoms with E-state index in [1.54, 1.807) is 0 Å². The fourth-order valence-corrected chi connectivity index (χ4v) is 4.77. The Bertz CT molecular complexity index is 884. The minimum Gasteiger partial charge on any atom is -0.494 e. The molecule has 1 amide bonds. The predicted molar refractivity (Wildman–Crippen MR) is 102 cm³/mol. The van der Waals surface area contributed by atoms with Crippen LogP contribution in [0, 0.1) is 17.2 Å². The second kappa shape index (κ2) is 7.10. The molecule has 1 aliphatic carbocycles. The van der Waals surface area contributed by atoms with Crippen LogP contribution in [0.5, 0.6) is 5.75 Å². The molecule has 2 aromatic rings. The number of fused-ring (bicyclic) bond motifs is 1. The third kappa shape index (κ3) is 3.20. The Morgan fingerprint density at radius 3 is 3.19 bits per heavy atom. The van der Waals surface area contributed by atoms with Crippen LogP contribution in [-0.2, 0) is 17.8 Å². The van der Waals surface area contributed by atoms with Gasteiger partial charge >= 0.3 is 0 Å². The van der Waals surface area contributed by atoms with E-state index in [0.29, 0.717) is 17.2 Å². The summed E-state index contributed by atoms with van der Waals surface area (Å²) in [6.07, 6.45) is 1.69. The number of ether oxygens (including phenoxy) is 1. The molecule has 26 heavy (non-hydrogen) atoms. The van der Waals surface area contributed by atoms with E-state index in [1.807, 2.05) is 25.1 Å². The van der Waals surface area contributed by atoms with Gasteiger partial charge in [0.05, 0.1) is 12.2 Å². The van der Waals surface area contributed by atoms with Crippen molar-refractivity contribution in [3.63, 3.8) is 0 Å². The van der Waals surface area contributed by atoms with Crippen LogP contribution in [0.15, 0.2) is 24.3 Å². The Kier molecular flexibility index (Phi) is 4.66. The highest BCUT2D eigenvalue weighted by Crippen LogP contribution is 2.49. The number of amides is 1. The molecule has 4 rings (SSSR count). The highest BCUT2D eigenvalue weighted by atomic mass is 32.1. The first kappa shape index (κ1) is 17.1. The van der Waals surface area contributed by atoms with Gasteiger partial charge in [-0.3, -0.25) is 4.79 Å². The van der Waals surface area contributed by atoms with Crippen LogP contribution in [0.1, 0.15) is 40.8 Å². The Morgan fingerprint density at radius 1 is 1.50 bits per heavy atom. The van der Waals surface area contributed by atoms with Gasteiger partial charge in [0.15, 0.2) is 0 Å². The zero-order valence-electron chi connectivity index (χ0n) is 14.7. The number of hydrogen-bond acceptors (Lipinski definition) is 5. The number of rotatable bonds is 5. The Balaban J connectivity index is 1.46. The Labute approximate surface area is 157 Å². The zero-order valence-corrected chi connectivity index (χ0v) is 15.5. The lowest BCUT2D eigenvalue weighted by atomic mass is 10.0. The molecule has 2 aliphatic rings. The summed E-state index contributed by atoms with van der Waals surface area (Å²) in [5, 5.41) is 16.6. The van der Waals surface area contributed by atoms with Crippen LogP contribution in [-0.4, -0.2) is 19.1 Å². The Morgan fingerprint density at radius 2 is 2.38 bits per heavy atom. The van der Waals surface area contributed by atoms with E-state index >= 15 is 0 Å². The molecule has 2 unspecified atom stereocenters. The van der Waals surface area contributed by atoms with Gasteiger partial charge in [0.1, 0.15) is 16.8 Å². The van der Waals surface area contributed by atoms with Crippen molar-refractivity contribution in [3.05, 3.63) is 45.8 Å². The van der Waals surface area contributed by atoms with Crippen LogP contribution < -0.4 is 15.4 Å². The molecule has 0 bridgehead atoms. The Hall–Kier alpha value is -2.36. The van der Waals surface area contributed by atoms with E-state index in [1.165, 1.54) is 16.2 Å². The van der Waals surface area contributed by atoms with Crippen molar-refractivity contribution in [2.24, 2.45) is 5.92 Å². The van der Waals surface area contributed by atoms with E-state index in [0.717, 1.165) is 42.8 Å². The number of nitrogens with zero attached hydrogens (tertiary/aromatic N) is 1. The molecule has 1 aromatic carbocycles. The molecule has 6 heteroatoms. The first-order valence-corrected chi connectivity index (χ1v) is 9.82. The molecule has 134 valence electrons. The topological polar surface area (TPSA) is 74.1 Å². The number of benzene rings is 1. The van der Waals surface area contributed by atoms with E-state index in [2.05, 4.69) is 22.8 Å². The van der Waals surface area contributed by atoms with Gasteiger partial charge < -0.3 is 15.4 Å². The molecule has 2 heterocycles. The second-order valence-electron chi connectivity index (χ2n) is 6.69. The molecule has 1 fully saturated rings. The summed E-state index contributed by atoms with van der Waals surface area (Å²) in [7, 11) is 0. The van der Waals surface area contributed by atoms with Crippen LogP contribution in [0.25, 0.3) is 0 Å². The molecular formula is C20H21N3O2S. The summed E-state index contributed by atoms with van der Waals surface area (Å²) in [6.45, 7) is 4.25. The first-order chi connectivity index (χ1) is 12.7.